The fourth-order valence-electron chi connectivity index (χ4n) is 4.40. The van der Waals surface area contributed by atoms with E-state index in [0.29, 0.717) is 0 Å². The Balaban J connectivity index is 2.03. The van der Waals surface area contributed by atoms with Crippen molar-refractivity contribution in [1.82, 2.24) is 0 Å². The van der Waals surface area contributed by atoms with Crippen molar-refractivity contribution in [3.8, 4) is 0 Å². The maximum atomic E-state index is 13.2. The topological polar surface area (TPSA) is 52.6 Å². The first-order chi connectivity index (χ1) is 15.7. The molecule has 32 heavy (non-hydrogen) atoms. The average molecular weight is 427 g/mol. The van der Waals surface area contributed by atoms with E-state index in [9.17, 15) is 9.59 Å². The molecule has 0 aliphatic rings. The number of benzene rings is 4. The lowest BCUT2D eigenvalue weighted by atomic mass is 9.77. The molecule has 162 valence electrons. The zero-order chi connectivity index (χ0) is 22.5. The van der Waals surface area contributed by atoms with Gasteiger partial charge in [0.05, 0.1) is 13.2 Å². The first-order valence-corrected chi connectivity index (χ1v) is 10.9. The third kappa shape index (κ3) is 4.09. The quantitative estimate of drug-likeness (QED) is 0.274. The SMILES string of the molecule is CCOC(=O)C(C(=O)OCC)C(c1cccc2ccccc12)c1cccc2ccccc12. The van der Waals surface area contributed by atoms with Gasteiger partial charge in [-0.2, -0.15) is 0 Å². The number of carbonyl (C=O) groups excluding carboxylic acids is 2. The van der Waals surface area contributed by atoms with Crippen LogP contribution in [0.5, 0.6) is 0 Å². The number of carbonyl (C=O) groups is 2. The molecule has 0 amide bonds. The summed E-state index contributed by atoms with van der Waals surface area (Å²) >= 11 is 0. The van der Waals surface area contributed by atoms with Crippen LogP contribution in [0.1, 0.15) is 30.9 Å². The second-order valence-electron chi connectivity index (χ2n) is 7.60. The maximum Gasteiger partial charge on any atom is 0.321 e. The molecule has 0 saturated carbocycles. The van der Waals surface area contributed by atoms with Crippen molar-refractivity contribution in [2.75, 3.05) is 13.2 Å². The van der Waals surface area contributed by atoms with Gasteiger partial charge in [0.2, 0.25) is 0 Å². The van der Waals surface area contributed by atoms with Gasteiger partial charge >= 0.3 is 11.9 Å². The summed E-state index contributed by atoms with van der Waals surface area (Å²) in [7, 11) is 0. The minimum absolute atomic E-state index is 0.187. The standard InChI is InChI=1S/C28H26O4/c1-3-31-27(29)26(28(30)32-4-2)25(23-17-9-13-19-11-5-7-15-21(19)23)24-18-10-14-20-12-6-8-16-22(20)24/h5-18,25-26H,3-4H2,1-2H3. The highest BCUT2D eigenvalue weighted by Crippen LogP contribution is 2.40. The van der Waals surface area contributed by atoms with Crippen molar-refractivity contribution in [1.29, 1.82) is 0 Å². The predicted octanol–water partition coefficient (Wildman–Crippen LogP) is 5.87. The number of rotatable bonds is 7. The summed E-state index contributed by atoms with van der Waals surface area (Å²) in [6.45, 7) is 3.86. The second-order valence-corrected chi connectivity index (χ2v) is 7.60. The molecule has 4 nitrogen and oxygen atoms in total. The Hall–Kier alpha value is -3.66. The van der Waals surface area contributed by atoms with Gasteiger partial charge in [0.15, 0.2) is 5.92 Å². The molecule has 0 aliphatic heterocycles. The lowest BCUT2D eigenvalue weighted by molar-refractivity contribution is -0.162. The van der Waals surface area contributed by atoms with Gasteiger partial charge in [0.1, 0.15) is 0 Å². The first-order valence-electron chi connectivity index (χ1n) is 10.9. The van der Waals surface area contributed by atoms with Crippen LogP contribution < -0.4 is 0 Å². The minimum Gasteiger partial charge on any atom is -0.465 e. The van der Waals surface area contributed by atoms with Gasteiger partial charge in [-0.3, -0.25) is 9.59 Å². The third-order valence-electron chi connectivity index (χ3n) is 5.73. The molecule has 0 atom stereocenters. The molecule has 0 unspecified atom stereocenters. The number of fused-ring (bicyclic) bond motifs is 2. The molecule has 0 N–H and O–H groups in total. The Kier molecular flexibility index (Phi) is 6.50. The van der Waals surface area contributed by atoms with Crippen molar-refractivity contribution in [2.45, 2.75) is 19.8 Å². The minimum atomic E-state index is -1.12. The number of esters is 2. The molecule has 0 fully saturated rings. The van der Waals surface area contributed by atoms with E-state index >= 15 is 0 Å². The van der Waals surface area contributed by atoms with Gasteiger partial charge in [-0.15, -0.1) is 0 Å². The highest BCUT2D eigenvalue weighted by molar-refractivity contribution is 6.00. The molecule has 0 aromatic heterocycles. The van der Waals surface area contributed by atoms with Gasteiger partial charge in [-0.1, -0.05) is 84.9 Å². The van der Waals surface area contributed by atoms with E-state index in [4.69, 9.17) is 9.47 Å². The van der Waals surface area contributed by atoms with E-state index in [-0.39, 0.29) is 13.2 Å². The lowest BCUT2D eigenvalue weighted by Crippen LogP contribution is -2.34. The highest BCUT2D eigenvalue weighted by atomic mass is 16.6. The smallest absolute Gasteiger partial charge is 0.321 e. The van der Waals surface area contributed by atoms with Crippen LogP contribution in [0.25, 0.3) is 21.5 Å². The van der Waals surface area contributed by atoms with Crippen LogP contribution in [-0.2, 0) is 19.1 Å². The molecule has 0 spiro atoms. The van der Waals surface area contributed by atoms with Gasteiger partial charge in [0.25, 0.3) is 0 Å². The third-order valence-corrected chi connectivity index (χ3v) is 5.73. The highest BCUT2D eigenvalue weighted by Gasteiger charge is 2.40. The Morgan fingerprint density at radius 3 is 1.47 bits per heavy atom. The zero-order valence-corrected chi connectivity index (χ0v) is 18.3. The molecule has 4 aromatic carbocycles. The Labute approximate surface area is 187 Å². The molecule has 0 saturated heterocycles. The van der Waals surface area contributed by atoms with E-state index in [1.807, 2.05) is 84.9 Å². The fourth-order valence-corrected chi connectivity index (χ4v) is 4.40. The summed E-state index contributed by atoms with van der Waals surface area (Å²) in [6, 6.07) is 28.0. The number of hydrogen-bond donors (Lipinski definition) is 0. The van der Waals surface area contributed by atoms with Crippen LogP contribution in [0.4, 0.5) is 0 Å². The molecule has 0 bridgehead atoms. The van der Waals surface area contributed by atoms with Crippen molar-refractivity contribution < 1.29 is 19.1 Å². The molecule has 4 rings (SSSR count). The summed E-state index contributed by atoms with van der Waals surface area (Å²) in [4.78, 5) is 26.4. The van der Waals surface area contributed by atoms with Gasteiger partial charge in [0, 0.05) is 5.92 Å². The summed E-state index contributed by atoms with van der Waals surface area (Å²) in [5.41, 5.74) is 1.79. The average Bonchev–Trinajstić information content (AvgIpc) is 2.82. The summed E-state index contributed by atoms with van der Waals surface area (Å²) < 4.78 is 10.8. The zero-order valence-electron chi connectivity index (χ0n) is 18.3. The van der Waals surface area contributed by atoms with Gasteiger partial charge in [-0.25, -0.2) is 0 Å². The van der Waals surface area contributed by atoms with Gasteiger partial charge in [-0.05, 0) is 46.5 Å². The molecule has 4 aromatic rings. The molecular formula is C28H26O4. The van der Waals surface area contributed by atoms with Crippen molar-refractivity contribution in [3.63, 3.8) is 0 Å². The number of ether oxygens (including phenoxy) is 2. The van der Waals surface area contributed by atoms with Crippen LogP contribution in [0.3, 0.4) is 0 Å². The monoisotopic (exact) mass is 426 g/mol. The van der Waals surface area contributed by atoms with E-state index in [2.05, 4.69) is 0 Å². The lowest BCUT2D eigenvalue weighted by Gasteiger charge is -2.27. The van der Waals surface area contributed by atoms with Crippen LogP contribution in [-0.4, -0.2) is 25.2 Å². The molecule has 0 radical (unpaired) electrons. The van der Waals surface area contributed by atoms with Crippen molar-refractivity contribution in [2.24, 2.45) is 5.92 Å². The van der Waals surface area contributed by atoms with Crippen LogP contribution in [0, 0.1) is 5.92 Å². The summed E-state index contributed by atoms with van der Waals surface area (Å²) in [6.07, 6.45) is 0. The van der Waals surface area contributed by atoms with Crippen LogP contribution >= 0.6 is 0 Å². The summed E-state index contributed by atoms with van der Waals surface area (Å²) in [5.74, 6) is -2.83. The van der Waals surface area contributed by atoms with Crippen molar-refractivity contribution in [3.05, 3.63) is 96.1 Å². The molecule has 0 heterocycles. The largest absolute Gasteiger partial charge is 0.465 e. The maximum absolute atomic E-state index is 13.2. The van der Waals surface area contributed by atoms with E-state index < -0.39 is 23.8 Å². The molecular weight excluding hydrogens is 400 g/mol. The van der Waals surface area contributed by atoms with E-state index in [0.717, 1.165) is 32.7 Å². The Morgan fingerprint density at radius 1 is 0.625 bits per heavy atom. The van der Waals surface area contributed by atoms with Gasteiger partial charge < -0.3 is 9.47 Å². The van der Waals surface area contributed by atoms with E-state index in [1.54, 1.807) is 13.8 Å². The second kappa shape index (κ2) is 9.65. The van der Waals surface area contributed by atoms with E-state index in [1.165, 1.54) is 0 Å². The Bertz CT molecular complexity index is 1150. The van der Waals surface area contributed by atoms with Crippen LogP contribution in [0.2, 0.25) is 0 Å². The first kappa shape index (κ1) is 21.6. The number of hydrogen-bond acceptors (Lipinski definition) is 4. The Morgan fingerprint density at radius 2 is 1.03 bits per heavy atom. The predicted molar refractivity (Wildman–Crippen MR) is 126 cm³/mol. The van der Waals surface area contributed by atoms with Crippen molar-refractivity contribution >= 4 is 33.5 Å². The fraction of sp³-hybridized carbons (Fsp3) is 0.214. The molecule has 0 aliphatic carbocycles. The van der Waals surface area contributed by atoms with Crippen LogP contribution in [0.15, 0.2) is 84.9 Å². The molecule has 4 heteroatoms. The summed E-state index contributed by atoms with van der Waals surface area (Å²) in [5, 5.41) is 4.07. The normalized spacial score (nSPS) is 11.2.